The van der Waals surface area contributed by atoms with E-state index in [4.69, 9.17) is 4.42 Å². The number of hydrogen-bond acceptors (Lipinski definition) is 5. The van der Waals surface area contributed by atoms with Crippen LogP contribution in [0.15, 0.2) is 64.2 Å². The molecule has 0 bridgehead atoms. The van der Waals surface area contributed by atoms with Gasteiger partial charge in [-0.05, 0) is 19.1 Å². The van der Waals surface area contributed by atoms with Crippen molar-refractivity contribution in [1.82, 2.24) is 15.0 Å². The number of nitrogens with zero attached hydrogens (tertiary/aromatic N) is 3. The van der Waals surface area contributed by atoms with Gasteiger partial charge in [0.25, 0.3) is 0 Å². The van der Waals surface area contributed by atoms with Crippen LogP contribution in [0.3, 0.4) is 0 Å². The van der Waals surface area contributed by atoms with Gasteiger partial charge in [0.1, 0.15) is 11.5 Å². The van der Waals surface area contributed by atoms with Crippen LogP contribution < -0.4 is 0 Å². The number of hydrogen-bond donors (Lipinski definition) is 0. The number of thioether (sulfide) groups is 1. The number of imidazole rings is 1. The van der Waals surface area contributed by atoms with Crippen molar-refractivity contribution in [3.05, 3.63) is 71.8 Å². The molecule has 5 heteroatoms. The number of benzene rings is 1. The molecule has 2 aliphatic rings. The Balaban J connectivity index is 1.59. The second kappa shape index (κ2) is 6.69. The van der Waals surface area contributed by atoms with Gasteiger partial charge < -0.3 is 4.42 Å². The van der Waals surface area contributed by atoms with Gasteiger partial charge in [0.05, 0.1) is 17.1 Å². The molecule has 1 aromatic heterocycles. The van der Waals surface area contributed by atoms with E-state index in [0.29, 0.717) is 11.6 Å². The van der Waals surface area contributed by atoms with Crippen molar-refractivity contribution in [3.8, 4) is 22.6 Å². The van der Waals surface area contributed by atoms with Crippen LogP contribution in [0.25, 0.3) is 22.6 Å². The Labute approximate surface area is 150 Å². The highest BCUT2D eigenvalue weighted by atomic mass is 32.2. The predicted molar refractivity (Wildman–Crippen MR) is 99.6 cm³/mol. The third-order valence-corrected chi connectivity index (χ3v) is 4.73. The van der Waals surface area contributed by atoms with Crippen LogP contribution in [-0.2, 0) is 5.75 Å². The average Bonchev–Trinajstić information content (AvgIpc) is 3.10. The lowest BCUT2D eigenvalue weighted by molar-refractivity contribution is 0.491. The van der Waals surface area contributed by atoms with Gasteiger partial charge >= 0.3 is 0 Å². The van der Waals surface area contributed by atoms with E-state index in [0.717, 1.165) is 33.6 Å². The fraction of sp³-hybridized carbons (Fsp3) is 0.150. The molecular weight excluding hydrogens is 330 g/mol. The molecule has 1 aliphatic heterocycles. The van der Waals surface area contributed by atoms with Crippen molar-refractivity contribution in [2.24, 2.45) is 0 Å². The van der Waals surface area contributed by atoms with Crippen molar-refractivity contribution in [2.45, 2.75) is 24.8 Å². The van der Waals surface area contributed by atoms with Crippen LogP contribution in [0.1, 0.15) is 17.2 Å². The quantitative estimate of drug-likeness (QED) is 0.478. The Morgan fingerprint density at radius 3 is 2.20 bits per heavy atom. The molecular formula is C20H17N3OS. The van der Waals surface area contributed by atoms with E-state index >= 15 is 0 Å². The maximum atomic E-state index is 5.82. The molecule has 0 spiro atoms. The van der Waals surface area contributed by atoms with E-state index in [1.165, 1.54) is 5.56 Å². The number of fused-ring (bicyclic) bond motifs is 1. The first kappa shape index (κ1) is 15.8. The smallest absolute Gasteiger partial charge is 0.191 e. The second-order valence-electron chi connectivity index (χ2n) is 5.85. The van der Waals surface area contributed by atoms with Crippen molar-refractivity contribution in [2.75, 3.05) is 0 Å². The van der Waals surface area contributed by atoms with Crippen LogP contribution in [0.5, 0.6) is 0 Å². The number of aryl methyl sites for hydroxylation is 2. The maximum absolute atomic E-state index is 5.82. The lowest BCUT2D eigenvalue weighted by Gasteiger charge is -2.01. The van der Waals surface area contributed by atoms with Gasteiger partial charge in [-0.25, -0.2) is 15.0 Å². The van der Waals surface area contributed by atoms with Gasteiger partial charge in [-0.3, -0.25) is 0 Å². The van der Waals surface area contributed by atoms with Crippen LogP contribution in [0.4, 0.5) is 0 Å². The molecule has 0 N–H and O–H groups in total. The topological polar surface area (TPSA) is 51.8 Å². The third kappa shape index (κ3) is 3.42. The SMILES string of the molecule is Cc1ccc(-c2nc(C)oc2CSc2nc3cccccc-3n2)cc1. The highest BCUT2D eigenvalue weighted by Gasteiger charge is 2.16. The molecule has 0 unspecified atom stereocenters. The summed E-state index contributed by atoms with van der Waals surface area (Å²) in [6.45, 7) is 3.95. The Bertz CT molecular complexity index is 948. The zero-order valence-corrected chi connectivity index (χ0v) is 14.9. The molecule has 1 aliphatic carbocycles. The average molecular weight is 347 g/mol. The zero-order valence-electron chi connectivity index (χ0n) is 14.1. The third-order valence-electron chi connectivity index (χ3n) is 3.89. The number of rotatable bonds is 4. The number of oxazole rings is 1. The lowest BCUT2D eigenvalue weighted by atomic mass is 10.1. The largest absolute Gasteiger partial charge is 0.444 e. The second-order valence-corrected chi connectivity index (χ2v) is 6.79. The Morgan fingerprint density at radius 2 is 1.52 bits per heavy atom. The van der Waals surface area contributed by atoms with Gasteiger partial charge in [-0.1, -0.05) is 59.8 Å². The minimum Gasteiger partial charge on any atom is -0.444 e. The molecule has 0 fully saturated rings. The van der Waals surface area contributed by atoms with Crippen molar-refractivity contribution >= 4 is 11.8 Å². The summed E-state index contributed by atoms with van der Waals surface area (Å²) in [4.78, 5) is 13.7. The van der Waals surface area contributed by atoms with Gasteiger partial charge in [-0.15, -0.1) is 0 Å². The number of aromatic nitrogens is 3. The summed E-state index contributed by atoms with van der Waals surface area (Å²) in [6.07, 6.45) is 0. The summed E-state index contributed by atoms with van der Waals surface area (Å²) < 4.78 is 5.82. The summed E-state index contributed by atoms with van der Waals surface area (Å²) >= 11 is 1.57. The van der Waals surface area contributed by atoms with Crippen molar-refractivity contribution < 1.29 is 4.42 Å². The summed E-state index contributed by atoms with van der Waals surface area (Å²) in [5.74, 6) is 2.17. The molecule has 0 atom stereocenters. The van der Waals surface area contributed by atoms with Crippen molar-refractivity contribution in [3.63, 3.8) is 0 Å². The summed E-state index contributed by atoms with van der Waals surface area (Å²) in [5.41, 5.74) is 5.00. The summed E-state index contributed by atoms with van der Waals surface area (Å²) in [5, 5.41) is 0.755. The van der Waals surface area contributed by atoms with Gasteiger partial charge in [0, 0.05) is 12.5 Å². The fourth-order valence-corrected chi connectivity index (χ4v) is 3.43. The van der Waals surface area contributed by atoms with Gasteiger partial charge in [0.15, 0.2) is 11.0 Å². The Hall–Kier alpha value is -2.66. The molecule has 0 radical (unpaired) electrons. The molecule has 4 rings (SSSR count). The highest BCUT2D eigenvalue weighted by Crippen LogP contribution is 2.31. The summed E-state index contributed by atoms with van der Waals surface area (Å²) in [7, 11) is 0. The Kier molecular flexibility index (Phi) is 4.24. The van der Waals surface area contributed by atoms with E-state index in [-0.39, 0.29) is 0 Å². The lowest BCUT2D eigenvalue weighted by Crippen LogP contribution is -1.86. The molecule has 124 valence electrons. The molecule has 1 aromatic carbocycles. The van der Waals surface area contributed by atoms with Gasteiger partial charge in [0.2, 0.25) is 0 Å². The normalized spacial score (nSPS) is 11.1. The first-order valence-electron chi connectivity index (χ1n) is 8.08. The minimum atomic E-state index is 0.645. The minimum absolute atomic E-state index is 0.645. The molecule has 0 saturated carbocycles. The van der Waals surface area contributed by atoms with Gasteiger partial charge in [-0.2, -0.15) is 0 Å². The zero-order chi connectivity index (χ0) is 17.2. The van der Waals surface area contributed by atoms with Crippen LogP contribution in [0, 0.1) is 13.8 Å². The fourth-order valence-electron chi connectivity index (χ4n) is 2.65. The predicted octanol–water partition coefficient (Wildman–Crippen LogP) is 5.15. The standard InChI is InChI=1S/C20H17N3OS/c1-13-8-10-15(11-9-13)19-18(24-14(2)21-19)12-25-20-22-16-6-4-3-5-7-17(16)23-20/h3-11H,12H2,1-2H3. The van der Waals surface area contributed by atoms with Crippen LogP contribution in [-0.4, -0.2) is 15.0 Å². The molecule has 2 heterocycles. The first-order chi connectivity index (χ1) is 12.2. The summed E-state index contributed by atoms with van der Waals surface area (Å²) in [6, 6.07) is 18.2. The molecule has 2 aromatic rings. The van der Waals surface area contributed by atoms with E-state index in [1.807, 2.05) is 37.3 Å². The van der Waals surface area contributed by atoms with E-state index < -0.39 is 0 Å². The monoisotopic (exact) mass is 347 g/mol. The molecule has 25 heavy (non-hydrogen) atoms. The van der Waals surface area contributed by atoms with E-state index in [1.54, 1.807) is 11.8 Å². The van der Waals surface area contributed by atoms with E-state index in [2.05, 4.69) is 46.1 Å². The molecule has 0 saturated heterocycles. The van der Waals surface area contributed by atoms with E-state index in [9.17, 15) is 0 Å². The highest BCUT2D eigenvalue weighted by molar-refractivity contribution is 7.98. The first-order valence-corrected chi connectivity index (χ1v) is 9.06. The molecule has 0 amide bonds. The van der Waals surface area contributed by atoms with Crippen LogP contribution in [0.2, 0.25) is 0 Å². The maximum Gasteiger partial charge on any atom is 0.191 e. The molecule has 4 nitrogen and oxygen atoms in total. The Morgan fingerprint density at radius 1 is 0.840 bits per heavy atom. The van der Waals surface area contributed by atoms with Crippen LogP contribution >= 0.6 is 11.8 Å². The van der Waals surface area contributed by atoms with Crippen molar-refractivity contribution in [1.29, 1.82) is 0 Å².